The van der Waals surface area contributed by atoms with E-state index >= 15 is 0 Å². The molecule has 0 atom stereocenters. The van der Waals surface area contributed by atoms with Crippen molar-refractivity contribution in [3.8, 4) is 11.3 Å². The van der Waals surface area contributed by atoms with Crippen molar-refractivity contribution < 1.29 is 26.3 Å². The number of aromatic nitrogens is 2. The van der Waals surface area contributed by atoms with E-state index in [1.165, 1.54) is 6.07 Å². The van der Waals surface area contributed by atoms with Crippen LogP contribution in [0.2, 0.25) is 0 Å². The third-order valence-electron chi connectivity index (χ3n) is 2.44. The predicted molar refractivity (Wildman–Crippen MR) is 57.5 cm³/mol. The summed E-state index contributed by atoms with van der Waals surface area (Å²) >= 11 is 0. The number of rotatable bonds is 1. The first-order valence-corrected chi connectivity index (χ1v) is 5.25. The maximum atomic E-state index is 12.5. The summed E-state index contributed by atoms with van der Waals surface area (Å²) in [6.45, 7) is 0. The van der Waals surface area contributed by atoms with Crippen LogP contribution in [0.25, 0.3) is 11.3 Å². The number of benzene rings is 1. The van der Waals surface area contributed by atoms with Crippen LogP contribution in [0, 0.1) is 0 Å². The van der Waals surface area contributed by atoms with Crippen LogP contribution in [0.1, 0.15) is 11.3 Å². The average molecular weight is 292 g/mol. The molecule has 0 N–H and O–H groups in total. The molecule has 2 nitrogen and oxygen atoms in total. The molecular formula is C12H6F6N2. The Morgan fingerprint density at radius 3 is 2.10 bits per heavy atom. The van der Waals surface area contributed by atoms with E-state index in [2.05, 4.69) is 9.97 Å². The van der Waals surface area contributed by atoms with E-state index in [4.69, 9.17) is 0 Å². The fourth-order valence-electron chi connectivity index (χ4n) is 1.53. The van der Waals surface area contributed by atoms with Gasteiger partial charge in [0, 0.05) is 5.56 Å². The van der Waals surface area contributed by atoms with Gasteiger partial charge < -0.3 is 0 Å². The van der Waals surface area contributed by atoms with Gasteiger partial charge in [-0.05, 0) is 18.2 Å². The normalized spacial score (nSPS) is 12.5. The second kappa shape index (κ2) is 4.77. The first-order valence-electron chi connectivity index (χ1n) is 5.25. The molecule has 106 valence electrons. The van der Waals surface area contributed by atoms with Gasteiger partial charge in [-0.2, -0.15) is 26.3 Å². The second-order valence-electron chi connectivity index (χ2n) is 3.86. The minimum atomic E-state index is -4.68. The van der Waals surface area contributed by atoms with Crippen LogP contribution in [-0.4, -0.2) is 9.97 Å². The Morgan fingerprint density at radius 1 is 0.800 bits per heavy atom. The highest BCUT2D eigenvalue weighted by Crippen LogP contribution is 2.33. The number of hydrogen-bond acceptors (Lipinski definition) is 2. The summed E-state index contributed by atoms with van der Waals surface area (Å²) in [4.78, 5) is 6.62. The number of nitrogens with zero attached hydrogens (tertiary/aromatic N) is 2. The predicted octanol–water partition coefficient (Wildman–Crippen LogP) is 4.18. The summed E-state index contributed by atoms with van der Waals surface area (Å²) in [7, 11) is 0. The van der Waals surface area contributed by atoms with Gasteiger partial charge in [-0.1, -0.05) is 12.1 Å². The fourth-order valence-corrected chi connectivity index (χ4v) is 1.53. The molecule has 8 heteroatoms. The molecule has 0 unspecified atom stereocenters. The maximum absolute atomic E-state index is 12.5. The molecule has 1 aromatic carbocycles. The second-order valence-corrected chi connectivity index (χ2v) is 3.86. The summed E-state index contributed by atoms with van der Waals surface area (Å²) in [5, 5.41) is 0. The van der Waals surface area contributed by atoms with E-state index in [0.717, 1.165) is 18.2 Å². The van der Waals surface area contributed by atoms with Crippen molar-refractivity contribution in [3.63, 3.8) is 0 Å². The summed E-state index contributed by atoms with van der Waals surface area (Å²) < 4.78 is 75.1. The Balaban J connectivity index is 2.47. The van der Waals surface area contributed by atoms with Gasteiger partial charge in [0.25, 0.3) is 0 Å². The first kappa shape index (κ1) is 14.3. The number of alkyl halides is 6. The minimum absolute atomic E-state index is 0.0623. The largest absolute Gasteiger partial charge is 0.433 e. The molecule has 1 aromatic heterocycles. The molecule has 0 fully saturated rings. The molecule has 0 saturated carbocycles. The van der Waals surface area contributed by atoms with E-state index in [1.807, 2.05) is 0 Å². The molecule has 0 amide bonds. The SMILES string of the molecule is FC(F)(F)c1cccc(-c2cc(C(F)(F)F)ncn2)c1. The lowest BCUT2D eigenvalue weighted by Gasteiger charge is -2.10. The maximum Gasteiger partial charge on any atom is 0.433 e. The Kier molecular flexibility index (Phi) is 3.41. The molecule has 0 spiro atoms. The summed E-state index contributed by atoms with van der Waals surface area (Å²) in [6.07, 6.45) is -8.59. The Morgan fingerprint density at radius 2 is 1.50 bits per heavy atom. The summed E-state index contributed by atoms with van der Waals surface area (Å²) in [5.74, 6) is 0. The zero-order chi connectivity index (χ0) is 15.0. The lowest BCUT2D eigenvalue weighted by Crippen LogP contribution is -2.08. The molecule has 0 aliphatic rings. The van der Waals surface area contributed by atoms with Crippen LogP contribution < -0.4 is 0 Å². The van der Waals surface area contributed by atoms with Crippen molar-refractivity contribution in [2.75, 3.05) is 0 Å². The van der Waals surface area contributed by atoms with Gasteiger partial charge in [0.15, 0.2) is 0 Å². The molecule has 1 heterocycles. The van der Waals surface area contributed by atoms with Gasteiger partial charge in [-0.25, -0.2) is 9.97 Å². The molecule has 2 aromatic rings. The third kappa shape index (κ3) is 3.06. The van der Waals surface area contributed by atoms with E-state index in [1.54, 1.807) is 0 Å². The van der Waals surface area contributed by atoms with Crippen LogP contribution in [0.5, 0.6) is 0 Å². The highest BCUT2D eigenvalue weighted by Gasteiger charge is 2.33. The molecule has 0 aliphatic carbocycles. The zero-order valence-corrected chi connectivity index (χ0v) is 9.63. The third-order valence-corrected chi connectivity index (χ3v) is 2.44. The van der Waals surface area contributed by atoms with Gasteiger partial charge in [0.05, 0.1) is 11.3 Å². The Hall–Kier alpha value is -2.12. The van der Waals surface area contributed by atoms with Crippen LogP contribution in [0.3, 0.4) is 0 Å². The van der Waals surface area contributed by atoms with Gasteiger partial charge >= 0.3 is 12.4 Å². The van der Waals surface area contributed by atoms with Crippen LogP contribution in [0.4, 0.5) is 26.3 Å². The van der Waals surface area contributed by atoms with E-state index in [0.29, 0.717) is 12.4 Å². The van der Waals surface area contributed by atoms with Gasteiger partial charge in [-0.3, -0.25) is 0 Å². The highest BCUT2D eigenvalue weighted by atomic mass is 19.4. The smallest absolute Gasteiger partial charge is 0.236 e. The monoisotopic (exact) mass is 292 g/mol. The molecule has 2 rings (SSSR count). The fraction of sp³-hybridized carbons (Fsp3) is 0.167. The van der Waals surface area contributed by atoms with Gasteiger partial charge in [-0.15, -0.1) is 0 Å². The standard InChI is InChI=1S/C12H6F6N2/c13-11(14,15)8-3-1-2-7(4-8)9-5-10(12(16,17)18)20-6-19-9/h1-6H. The van der Waals surface area contributed by atoms with Crippen molar-refractivity contribution >= 4 is 0 Å². The highest BCUT2D eigenvalue weighted by molar-refractivity contribution is 5.60. The van der Waals surface area contributed by atoms with E-state index < -0.39 is 23.6 Å². The van der Waals surface area contributed by atoms with Crippen molar-refractivity contribution in [1.82, 2.24) is 9.97 Å². The number of hydrogen-bond donors (Lipinski definition) is 0. The molecule has 20 heavy (non-hydrogen) atoms. The van der Waals surface area contributed by atoms with Crippen molar-refractivity contribution in [2.24, 2.45) is 0 Å². The van der Waals surface area contributed by atoms with Crippen molar-refractivity contribution in [1.29, 1.82) is 0 Å². The molecule has 0 radical (unpaired) electrons. The summed E-state index contributed by atoms with van der Waals surface area (Å²) in [5.41, 5.74) is -2.45. The minimum Gasteiger partial charge on any atom is -0.236 e. The molecular weight excluding hydrogens is 286 g/mol. The van der Waals surface area contributed by atoms with Gasteiger partial charge in [0.2, 0.25) is 0 Å². The zero-order valence-electron chi connectivity index (χ0n) is 9.63. The van der Waals surface area contributed by atoms with Crippen LogP contribution in [-0.2, 0) is 12.4 Å². The topological polar surface area (TPSA) is 25.8 Å². The van der Waals surface area contributed by atoms with E-state index in [9.17, 15) is 26.3 Å². The van der Waals surface area contributed by atoms with E-state index in [-0.39, 0.29) is 11.3 Å². The lowest BCUT2D eigenvalue weighted by atomic mass is 10.1. The Bertz CT molecular complexity index is 562. The number of halogens is 6. The van der Waals surface area contributed by atoms with Crippen molar-refractivity contribution in [2.45, 2.75) is 12.4 Å². The lowest BCUT2D eigenvalue weighted by molar-refractivity contribution is -0.141. The molecule has 0 bridgehead atoms. The molecule has 0 saturated heterocycles. The quantitative estimate of drug-likeness (QED) is 0.737. The van der Waals surface area contributed by atoms with Gasteiger partial charge in [0.1, 0.15) is 12.0 Å². The van der Waals surface area contributed by atoms with Crippen LogP contribution in [0.15, 0.2) is 36.7 Å². The Labute approximate surface area is 109 Å². The summed E-state index contributed by atoms with van der Waals surface area (Å²) in [6, 6.07) is 4.53. The van der Waals surface area contributed by atoms with Crippen LogP contribution >= 0.6 is 0 Å². The first-order chi connectivity index (χ1) is 9.18. The molecule has 0 aliphatic heterocycles. The van der Waals surface area contributed by atoms with Crippen molar-refractivity contribution in [3.05, 3.63) is 47.9 Å². The average Bonchev–Trinajstić information content (AvgIpc) is 2.37.